The number of hydrogen-bond donors (Lipinski definition) is 1. The van der Waals surface area contributed by atoms with Gasteiger partial charge in [0.15, 0.2) is 0 Å². The molecule has 8 heteroatoms. The summed E-state index contributed by atoms with van der Waals surface area (Å²) in [5.41, 5.74) is 1.21. The molecule has 2 amide bonds. The van der Waals surface area contributed by atoms with Gasteiger partial charge in [-0.05, 0) is 31.2 Å². The smallest absolute Gasteiger partial charge is 0.228 e. The highest BCUT2D eigenvalue weighted by Crippen LogP contribution is 2.39. The molecule has 0 spiro atoms. The zero-order valence-electron chi connectivity index (χ0n) is 15.8. The Morgan fingerprint density at radius 1 is 1.33 bits per heavy atom. The second kappa shape index (κ2) is 7.17. The van der Waals surface area contributed by atoms with E-state index in [1.807, 2.05) is 42.0 Å². The fourth-order valence-electron chi connectivity index (χ4n) is 4.52. The molecule has 1 N–H and O–H groups in total. The highest BCUT2D eigenvalue weighted by atomic mass is 16.2. The molecule has 0 bridgehead atoms. The van der Waals surface area contributed by atoms with Crippen LogP contribution in [0.15, 0.2) is 24.8 Å². The summed E-state index contributed by atoms with van der Waals surface area (Å²) in [4.78, 5) is 34.0. The van der Waals surface area contributed by atoms with Crippen LogP contribution in [-0.4, -0.2) is 61.0 Å². The summed E-state index contributed by atoms with van der Waals surface area (Å²) in [6.45, 7) is 3.98. The molecule has 2 fully saturated rings. The van der Waals surface area contributed by atoms with E-state index in [1.165, 1.54) is 5.56 Å². The van der Waals surface area contributed by atoms with Crippen LogP contribution in [0.2, 0.25) is 0 Å². The van der Waals surface area contributed by atoms with Crippen molar-refractivity contribution < 1.29 is 9.59 Å². The number of carbonyl (C=O) groups excluding carboxylic acids is 2. The van der Waals surface area contributed by atoms with Crippen molar-refractivity contribution in [1.29, 1.82) is 0 Å². The van der Waals surface area contributed by atoms with Crippen molar-refractivity contribution in [3.8, 4) is 0 Å². The summed E-state index contributed by atoms with van der Waals surface area (Å²) in [5, 5.41) is 6.90. The zero-order chi connectivity index (χ0) is 19.0. The van der Waals surface area contributed by atoms with E-state index < -0.39 is 0 Å². The molecule has 0 aliphatic carbocycles. The lowest BCUT2D eigenvalue weighted by molar-refractivity contribution is -0.137. The summed E-state index contributed by atoms with van der Waals surface area (Å²) in [7, 11) is 1.91. The summed E-state index contributed by atoms with van der Waals surface area (Å²) >= 11 is 0. The molecule has 0 saturated carbocycles. The summed E-state index contributed by atoms with van der Waals surface area (Å²) in [6, 6.07) is -0.276. The summed E-state index contributed by atoms with van der Waals surface area (Å²) in [5.74, 6) is 0.990. The molecule has 2 aliphatic rings. The summed E-state index contributed by atoms with van der Waals surface area (Å²) in [6.07, 6.45) is 9.52. The first-order valence-corrected chi connectivity index (χ1v) is 9.64. The predicted octanol–water partition coefficient (Wildman–Crippen LogP) is 1.46. The largest absolute Gasteiger partial charge is 0.342 e. The van der Waals surface area contributed by atoms with Gasteiger partial charge in [-0.1, -0.05) is 0 Å². The number of aromatic amines is 1. The van der Waals surface area contributed by atoms with Crippen LogP contribution in [0.3, 0.4) is 0 Å². The van der Waals surface area contributed by atoms with Crippen molar-refractivity contribution in [3.05, 3.63) is 36.2 Å². The van der Waals surface area contributed by atoms with Crippen LogP contribution < -0.4 is 0 Å². The molecule has 0 radical (unpaired) electrons. The maximum absolute atomic E-state index is 13.3. The lowest BCUT2D eigenvalue weighted by Gasteiger charge is -2.35. The number of likely N-dealkylation sites (tertiary alicyclic amines) is 2. The van der Waals surface area contributed by atoms with E-state index in [-0.39, 0.29) is 30.2 Å². The average molecular weight is 370 g/mol. The van der Waals surface area contributed by atoms with E-state index in [2.05, 4.69) is 15.2 Å². The standard InChI is InChI=1S/C19H26N6O2/c1-3-25-16(26)10-15(17(25)18-20-6-9-23(18)2)19(27)24-7-4-13(5-8-24)14-11-21-22-12-14/h6,9,11-13,15,17H,3-5,7-8,10H2,1-2H3,(H,21,22)/t15-,17-/m0/s1. The third-order valence-electron chi connectivity index (χ3n) is 6.01. The number of carbonyl (C=O) groups is 2. The number of amides is 2. The maximum atomic E-state index is 13.3. The second-order valence-corrected chi connectivity index (χ2v) is 7.46. The van der Waals surface area contributed by atoms with Crippen molar-refractivity contribution in [3.63, 3.8) is 0 Å². The van der Waals surface area contributed by atoms with Crippen LogP contribution in [0.25, 0.3) is 0 Å². The van der Waals surface area contributed by atoms with Crippen molar-refractivity contribution in [1.82, 2.24) is 29.5 Å². The first kappa shape index (κ1) is 17.8. The van der Waals surface area contributed by atoms with Crippen molar-refractivity contribution in [2.24, 2.45) is 13.0 Å². The molecule has 2 aromatic rings. The minimum absolute atomic E-state index is 0.0390. The number of piperidine rings is 1. The number of aromatic nitrogens is 4. The number of rotatable bonds is 4. The van der Waals surface area contributed by atoms with Gasteiger partial charge >= 0.3 is 0 Å². The molecule has 8 nitrogen and oxygen atoms in total. The zero-order valence-corrected chi connectivity index (χ0v) is 15.8. The molecule has 2 atom stereocenters. The average Bonchev–Trinajstić information content (AvgIpc) is 3.41. The normalized spacial score (nSPS) is 24.0. The van der Waals surface area contributed by atoms with Crippen LogP contribution in [-0.2, 0) is 16.6 Å². The molecule has 2 aliphatic heterocycles. The molecule has 2 saturated heterocycles. The number of imidazole rings is 1. The third-order valence-corrected chi connectivity index (χ3v) is 6.01. The number of hydrogen-bond acceptors (Lipinski definition) is 4. The van der Waals surface area contributed by atoms with E-state index in [1.54, 1.807) is 11.1 Å². The van der Waals surface area contributed by atoms with Gasteiger partial charge in [-0.25, -0.2) is 4.98 Å². The Balaban J connectivity index is 1.50. The fraction of sp³-hybridized carbons (Fsp3) is 0.579. The quantitative estimate of drug-likeness (QED) is 0.883. The number of nitrogens with zero attached hydrogens (tertiary/aromatic N) is 5. The summed E-state index contributed by atoms with van der Waals surface area (Å²) < 4.78 is 1.91. The van der Waals surface area contributed by atoms with Gasteiger partial charge in [-0.15, -0.1) is 0 Å². The van der Waals surface area contributed by atoms with Gasteiger partial charge in [0.25, 0.3) is 0 Å². The molecule has 0 aromatic carbocycles. The third kappa shape index (κ3) is 3.13. The van der Waals surface area contributed by atoms with Gasteiger partial charge in [0.05, 0.1) is 12.1 Å². The Kier molecular flexibility index (Phi) is 4.72. The molecule has 144 valence electrons. The SMILES string of the molecule is CCN1C(=O)C[C@H](C(=O)N2CCC(c3cn[nH]c3)CC2)[C@H]1c1nccn1C. The number of H-pyrrole nitrogens is 1. The number of nitrogens with one attached hydrogen (secondary N) is 1. The van der Waals surface area contributed by atoms with Gasteiger partial charge < -0.3 is 14.4 Å². The maximum Gasteiger partial charge on any atom is 0.228 e. The van der Waals surface area contributed by atoms with E-state index in [9.17, 15) is 9.59 Å². The van der Waals surface area contributed by atoms with Crippen molar-refractivity contribution >= 4 is 11.8 Å². The first-order chi connectivity index (χ1) is 13.1. The van der Waals surface area contributed by atoms with Gasteiger partial charge in [-0.2, -0.15) is 5.10 Å². The fourth-order valence-corrected chi connectivity index (χ4v) is 4.52. The second-order valence-electron chi connectivity index (χ2n) is 7.46. The van der Waals surface area contributed by atoms with Gasteiger partial charge in [0.2, 0.25) is 11.8 Å². The molecule has 4 heterocycles. The highest BCUT2D eigenvalue weighted by molar-refractivity contribution is 5.90. The Hall–Kier alpha value is -2.64. The first-order valence-electron chi connectivity index (χ1n) is 9.64. The Bertz CT molecular complexity index is 806. The van der Waals surface area contributed by atoms with Crippen LogP contribution in [0.1, 0.15) is 49.5 Å². The van der Waals surface area contributed by atoms with Crippen LogP contribution in [0, 0.1) is 5.92 Å². The van der Waals surface area contributed by atoms with Gasteiger partial charge in [0, 0.05) is 51.7 Å². The lowest BCUT2D eigenvalue weighted by atomic mass is 9.90. The van der Waals surface area contributed by atoms with E-state index >= 15 is 0 Å². The molecular formula is C19H26N6O2. The van der Waals surface area contributed by atoms with Crippen molar-refractivity contribution in [2.45, 2.75) is 38.1 Å². The minimum atomic E-state index is -0.357. The van der Waals surface area contributed by atoms with Crippen molar-refractivity contribution in [2.75, 3.05) is 19.6 Å². The predicted molar refractivity (Wildman–Crippen MR) is 98.6 cm³/mol. The molecule has 4 rings (SSSR count). The van der Waals surface area contributed by atoms with Crippen LogP contribution >= 0.6 is 0 Å². The molecular weight excluding hydrogens is 344 g/mol. The molecule has 27 heavy (non-hydrogen) atoms. The van der Waals surface area contributed by atoms with E-state index in [0.29, 0.717) is 12.5 Å². The molecule has 0 unspecified atom stereocenters. The monoisotopic (exact) mass is 370 g/mol. The lowest BCUT2D eigenvalue weighted by Crippen LogP contribution is -2.43. The minimum Gasteiger partial charge on any atom is -0.342 e. The van der Waals surface area contributed by atoms with Gasteiger partial charge in [0.1, 0.15) is 11.9 Å². The Labute approximate surface area is 158 Å². The van der Waals surface area contributed by atoms with Crippen LogP contribution in [0.4, 0.5) is 0 Å². The van der Waals surface area contributed by atoms with E-state index in [0.717, 1.165) is 31.8 Å². The topological polar surface area (TPSA) is 87.1 Å². The Morgan fingerprint density at radius 3 is 2.70 bits per heavy atom. The highest BCUT2D eigenvalue weighted by Gasteiger charge is 2.47. The van der Waals surface area contributed by atoms with Crippen LogP contribution in [0.5, 0.6) is 0 Å². The van der Waals surface area contributed by atoms with Gasteiger partial charge in [-0.3, -0.25) is 14.7 Å². The molecule has 2 aromatic heterocycles. The Morgan fingerprint density at radius 2 is 2.11 bits per heavy atom. The van der Waals surface area contributed by atoms with E-state index in [4.69, 9.17) is 0 Å². The number of aryl methyl sites for hydroxylation is 1.